The lowest BCUT2D eigenvalue weighted by atomic mass is 9.72. The zero-order chi connectivity index (χ0) is 18.9. The van der Waals surface area contributed by atoms with Gasteiger partial charge in [0.25, 0.3) is 0 Å². The Balaban J connectivity index is 2.14. The molecule has 2 nitrogen and oxygen atoms in total. The highest BCUT2D eigenvalue weighted by Crippen LogP contribution is 2.43. The average Bonchev–Trinajstić information content (AvgIpc) is 3.11. The van der Waals surface area contributed by atoms with Crippen LogP contribution >= 0.6 is 11.6 Å². The standard InChI is InChI=1S/C23H26ClNO/c1-15(2)17-5-7-19(8-6-17)23(9-10-26-14-23)20-11-18(13-25)22(16(3)4)21(24)12-20/h5-8,11-12,15-16H,9-10,14H2,1-4H3. The quantitative estimate of drug-likeness (QED) is 0.647. The normalized spacial score (nSPS) is 19.9. The molecule has 1 aliphatic rings. The third kappa shape index (κ3) is 3.27. The van der Waals surface area contributed by atoms with Gasteiger partial charge < -0.3 is 4.74 Å². The van der Waals surface area contributed by atoms with Crippen molar-refractivity contribution >= 4 is 11.6 Å². The second kappa shape index (κ2) is 7.43. The second-order valence-electron chi connectivity index (χ2n) is 7.85. The van der Waals surface area contributed by atoms with E-state index in [9.17, 15) is 5.26 Å². The van der Waals surface area contributed by atoms with Crippen LogP contribution in [0.25, 0.3) is 0 Å². The largest absolute Gasteiger partial charge is 0.380 e. The van der Waals surface area contributed by atoms with Crippen LogP contribution in [0.1, 0.15) is 73.8 Å². The topological polar surface area (TPSA) is 33.0 Å². The molecule has 1 heterocycles. The molecular formula is C23H26ClNO. The smallest absolute Gasteiger partial charge is 0.0995 e. The van der Waals surface area contributed by atoms with Crippen molar-refractivity contribution in [2.24, 2.45) is 0 Å². The van der Waals surface area contributed by atoms with Crippen molar-refractivity contribution in [3.8, 4) is 6.07 Å². The van der Waals surface area contributed by atoms with Gasteiger partial charge in [0.05, 0.1) is 18.2 Å². The highest BCUT2D eigenvalue weighted by molar-refractivity contribution is 6.31. The molecule has 0 N–H and O–H groups in total. The maximum atomic E-state index is 9.67. The Labute approximate surface area is 161 Å². The number of benzene rings is 2. The lowest BCUT2D eigenvalue weighted by Crippen LogP contribution is -2.28. The molecule has 0 bridgehead atoms. The first-order valence-electron chi connectivity index (χ1n) is 9.31. The van der Waals surface area contributed by atoms with E-state index in [1.165, 1.54) is 11.1 Å². The number of ether oxygens (including phenoxy) is 1. The van der Waals surface area contributed by atoms with E-state index in [4.69, 9.17) is 16.3 Å². The van der Waals surface area contributed by atoms with Crippen molar-refractivity contribution < 1.29 is 4.74 Å². The Morgan fingerprint density at radius 3 is 2.23 bits per heavy atom. The van der Waals surface area contributed by atoms with Gasteiger partial charge in [-0.3, -0.25) is 0 Å². The van der Waals surface area contributed by atoms with Crippen LogP contribution in [0, 0.1) is 11.3 Å². The van der Waals surface area contributed by atoms with Gasteiger partial charge in [0, 0.05) is 17.0 Å². The summed E-state index contributed by atoms with van der Waals surface area (Å²) in [5.41, 5.74) is 5.01. The van der Waals surface area contributed by atoms with Crippen LogP contribution in [-0.4, -0.2) is 13.2 Å². The molecule has 1 atom stereocenters. The van der Waals surface area contributed by atoms with E-state index in [1.54, 1.807) is 0 Å². The van der Waals surface area contributed by atoms with E-state index in [-0.39, 0.29) is 11.3 Å². The van der Waals surface area contributed by atoms with Gasteiger partial charge in [0.1, 0.15) is 0 Å². The van der Waals surface area contributed by atoms with Gasteiger partial charge in [0.15, 0.2) is 0 Å². The molecule has 0 saturated carbocycles. The van der Waals surface area contributed by atoms with Crippen molar-refractivity contribution in [1.29, 1.82) is 5.26 Å². The molecule has 1 aliphatic heterocycles. The van der Waals surface area contributed by atoms with Gasteiger partial charge in [-0.1, -0.05) is 63.6 Å². The minimum atomic E-state index is -0.236. The fourth-order valence-electron chi connectivity index (χ4n) is 3.95. The highest BCUT2D eigenvalue weighted by Gasteiger charge is 2.39. The molecule has 0 aromatic heterocycles. The molecule has 1 fully saturated rings. The van der Waals surface area contributed by atoms with Gasteiger partial charge in [-0.05, 0) is 52.6 Å². The molecule has 136 valence electrons. The summed E-state index contributed by atoms with van der Waals surface area (Å²) in [5.74, 6) is 0.720. The molecule has 0 radical (unpaired) electrons. The predicted octanol–water partition coefficient (Wildman–Crippen LogP) is 6.16. The molecule has 0 spiro atoms. The summed E-state index contributed by atoms with van der Waals surface area (Å²) in [6.07, 6.45) is 0.899. The van der Waals surface area contributed by atoms with Gasteiger partial charge in [-0.15, -0.1) is 0 Å². The molecule has 1 unspecified atom stereocenters. The average molecular weight is 368 g/mol. The van der Waals surface area contributed by atoms with E-state index in [1.807, 2.05) is 12.1 Å². The Morgan fingerprint density at radius 1 is 1.04 bits per heavy atom. The monoisotopic (exact) mass is 367 g/mol. The van der Waals surface area contributed by atoms with Crippen molar-refractivity contribution in [3.63, 3.8) is 0 Å². The Hall–Kier alpha value is -1.82. The van der Waals surface area contributed by atoms with Crippen LogP contribution in [0.4, 0.5) is 0 Å². The van der Waals surface area contributed by atoms with E-state index in [0.717, 1.165) is 24.2 Å². The van der Waals surface area contributed by atoms with Crippen molar-refractivity contribution in [2.75, 3.05) is 13.2 Å². The second-order valence-corrected chi connectivity index (χ2v) is 8.25. The van der Waals surface area contributed by atoms with Crippen LogP contribution in [0.2, 0.25) is 5.02 Å². The van der Waals surface area contributed by atoms with Crippen molar-refractivity contribution in [1.82, 2.24) is 0 Å². The minimum Gasteiger partial charge on any atom is -0.380 e. The fourth-order valence-corrected chi connectivity index (χ4v) is 4.39. The summed E-state index contributed by atoms with van der Waals surface area (Å²) in [7, 11) is 0. The van der Waals surface area contributed by atoms with Crippen LogP contribution in [0.5, 0.6) is 0 Å². The van der Waals surface area contributed by atoms with Crippen LogP contribution < -0.4 is 0 Å². The number of rotatable bonds is 4. The van der Waals surface area contributed by atoms with Gasteiger partial charge in [-0.2, -0.15) is 5.26 Å². The lowest BCUT2D eigenvalue weighted by molar-refractivity contribution is 0.184. The van der Waals surface area contributed by atoms with E-state index >= 15 is 0 Å². The van der Waals surface area contributed by atoms with Gasteiger partial charge >= 0.3 is 0 Å². The van der Waals surface area contributed by atoms with Gasteiger partial charge in [0.2, 0.25) is 0 Å². The Morgan fingerprint density at radius 2 is 1.73 bits per heavy atom. The molecule has 3 rings (SSSR count). The van der Waals surface area contributed by atoms with Crippen LogP contribution in [0.15, 0.2) is 36.4 Å². The summed E-state index contributed by atoms with van der Waals surface area (Å²) in [6, 6.07) is 15.2. The first kappa shape index (κ1) is 19.0. The fraction of sp³-hybridized carbons (Fsp3) is 0.435. The molecular weight excluding hydrogens is 342 g/mol. The maximum Gasteiger partial charge on any atom is 0.0995 e. The third-order valence-electron chi connectivity index (χ3n) is 5.53. The molecule has 2 aromatic carbocycles. The highest BCUT2D eigenvalue weighted by atomic mass is 35.5. The molecule has 26 heavy (non-hydrogen) atoms. The first-order valence-corrected chi connectivity index (χ1v) is 9.69. The first-order chi connectivity index (χ1) is 12.4. The Bertz CT molecular complexity index is 825. The molecule has 2 aromatic rings. The summed E-state index contributed by atoms with van der Waals surface area (Å²) < 4.78 is 5.81. The number of halogens is 1. The van der Waals surface area contributed by atoms with Gasteiger partial charge in [-0.25, -0.2) is 0 Å². The predicted molar refractivity (Wildman–Crippen MR) is 107 cm³/mol. The van der Waals surface area contributed by atoms with Crippen molar-refractivity contribution in [3.05, 3.63) is 69.2 Å². The zero-order valence-electron chi connectivity index (χ0n) is 16.0. The SMILES string of the molecule is CC(C)c1ccc(C2(c3cc(Cl)c(C(C)C)c(C#N)c3)CCOC2)cc1. The maximum absolute atomic E-state index is 9.67. The number of nitrogens with zero attached hydrogens (tertiary/aromatic N) is 1. The number of hydrogen-bond acceptors (Lipinski definition) is 2. The summed E-state index contributed by atoms with van der Waals surface area (Å²) >= 11 is 6.61. The van der Waals surface area contributed by atoms with E-state index in [2.05, 4.69) is 58.0 Å². The zero-order valence-corrected chi connectivity index (χ0v) is 16.7. The van der Waals surface area contributed by atoms with Crippen molar-refractivity contribution in [2.45, 2.75) is 51.4 Å². The molecule has 1 saturated heterocycles. The third-order valence-corrected chi connectivity index (χ3v) is 5.84. The Kier molecular flexibility index (Phi) is 5.42. The molecule has 3 heteroatoms. The minimum absolute atomic E-state index is 0.215. The lowest BCUT2D eigenvalue weighted by Gasteiger charge is -2.30. The van der Waals surface area contributed by atoms with Crippen LogP contribution in [0.3, 0.4) is 0 Å². The molecule has 0 aliphatic carbocycles. The summed E-state index contributed by atoms with van der Waals surface area (Å²) in [5, 5.41) is 10.4. The molecule has 0 amide bonds. The summed E-state index contributed by atoms with van der Waals surface area (Å²) in [4.78, 5) is 0. The van der Waals surface area contributed by atoms with E-state index in [0.29, 0.717) is 23.1 Å². The van der Waals surface area contributed by atoms with Crippen LogP contribution in [-0.2, 0) is 10.2 Å². The summed E-state index contributed by atoms with van der Waals surface area (Å²) in [6.45, 7) is 9.88. The van der Waals surface area contributed by atoms with E-state index < -0.39 is 0 Å². The number of hydrogen-bond donors (Lipinski definition) is 0. The number of nitriles is 1.